The first-order valence-corrected chi connectivity index (χ1v) is 11.4. The maximum absolute atomic E-state index is 13.1. The molecule has 7 nitrogen and oxygen atoms in total. The maximum Gasteiger partial charge on any atom is 0.364 e. The van der Waals surface area contributed by atoms with Crippen LogP contribution in [-0.2, 0) is 39.3 Å². The fraction of sp³-hybridized carbons (Fsp3) is 0.524. The average Bonchev–Trinajstić information content (AvgIpc) is 2.69. The minimum Gasteiger partial charge on any atom is -0.465 e. The van der Waals surface area contributed by atoms with Gasteiger partial charge in [-0.3, -0.25) is 14.2 Å². The molecule has 1 aliphatic carbocycles. The van der Waals surface area contributed by atoms with E-state index in [1.807, 2.05) is 30.3 Å². The molecule has 0 bridgehead atoms. The lowest BCUT2D eigenvalue weighted by Gasteiger charge is -2.30. The molecule has 8 heteroatoms. The molecule has 1 aromatic rings. The van der Waals surface area contributed by atoms with E-state index >= 15 is 0 Å². The summed E-state index contributed by atoms with van der Waals surface area (Å²) in [6, 6.07) is 9.62. The van der Waals surface area contributed by atoms with Gasteiger partial charge in [0.15, 0.2) is 5.78 Å². The van der Waals surface area contributed by atoms with E-state index in [0.717, 1.165) is 5.56 Å². The molecule has 0 radical (unpaired) electrons. The zero-order chi connectivity index (χ0) is 21.3. The van der Waals surface area contributed by atoms with Crippen molar-refractivity contribution in [3.63, 3.8) is 0 Å². The quantitative estimate of drug-likeness (QED) is 0.300. The van der Waals surface area contributed by atoms with Crippen LogP contribution in [-0.4, -0.2) is 38.2 Å². The van der Waals surface area contributed by atoms with Crippen LogP contribution in [0.5, 0.6) is 0 Å². The summed E-state index contributed by atoms with van der Waals surface area (Å²) in [5, 5.41) is -0.0708. The molecule has 0 heterocycles. The third kappa shape index (κ3) is 6.09. The van der Waals surface area contributed by atoms with E-state index in [2.05, 4.69) is 0 Å². The predicted octanol–water partition coefficient (Wildman–Crippen LogP) is 4.12. The first-order valence-electron chi connectivity index (χ1n) is 9.89. The number of Topliss-reactive ketones (excluding diaryl/α,β-unsaturated/α-hetero) is 1. The summed E-state index contributed by atoms with van der Waals surface area (Å²) in [7, 11) is -3.78. The molecule has 0 amide bonds. The van der Waals surface area contributed by atoms with Crippen LogP contribution in [0.1, 0.15) is 32.8 Å². The molecule has 2 atom stereocenters. The Kier molecular flexibility index (Phi) is 9.24. The highest BCUT2D eigenvalue weighted by molar-refractivity contribution is 7.60. The van der Waals surface area contributed by atoms with E-state index in [9.17, 15) is 14.2 Å². The normalized spacial score (nSPS) is 19.7. The van der Waals surface area contributed by atoms with Crippen molar-refractivity contribution in [2.75, 3.05) is 26.4 Å². The van der Waals surface area contributed by atoms with Crippen molar-refractivity contribution in [1.29, 1.82) is 0 Å². The highest BCUT2D eigenvalue weighted by Crippen LogP contribution is 2.58. The third-order valence-corrected chi connectivity index (χ3v) is 6.69. The summed E-state index contributed by atoms with van der Waals surface area (Å²) >= 11 is 0. The summed E-state index contributed by atoms with van der Waals surface area (Å²) in [6.45, 7) is 5.97. The van der Waals surface area contributed by atoms with Crippen LogP contribution < -0.4 is 0 Å². The molecule has 0 spiro atoms. The standard InChI is InChI=1S/C21H29O7P/c1-4-26-21(23)19-17(15-25-14-16-10-8-7-9-11-16)12-13-18(20(19)22)29(24,27-5-2)28-6-3/h7-11,13,17,19H,4-6,12,14-15H2,1-3H3/t17-,19-/m0/s1. The summed E-state index contributed by atoms with van der Waals surface area (Å²) in [5.74, 6) is -2.73. The lowest BCUT2D eigenvalue weighted by atomic mass is 9.82. The SMILES string of the molecule is CCOC(=O)[C@@H]1C(=O)C(P(=O)(OCC)OCC)=CC[C@H]1COCc1ccccc1. The maximum atomic E-state index is 13.1. The Hall–Kier alpha value is -1.79. The van der Waals surface area contributed by atoms with Crippen molar-refractivity contribution in [3.8, 4) is 0 Å². The Morgan fingerprint density at radius 1 is 1.07 bits per heavy atom. The number of esters is 1. The van der Waals surface area contributed by atoms with Gasteiger partial charge >= 0.3 is 13.6 Å². The number of rotatable bonds is 11. The van der Waals surface area contributed by atoms with Crippen LogP contribution >= 0.6 is 7.60 Å². The van der Waals surface area contributed by atoms with Crippen molar-refractivity contribution < 1.29 is 32.7 Å². The minimum absolute atomic E-state index is 0.0708. The Morgan fingerprint density at radius 2 is 1.72 bits per heavy atom. The summed E-state index contributed by atoms with van der Waals surface area (Å²) in [4.78, 5) is 25.7. The predicted molar refractivity (Wildman–Crippen MR) is 108 cm³/mol. The third-order valence-electron chi connectivity index (χ3n) is 4.50. The molecule has 0 saturated heterocycles. The first kappa shape index (κ1) is 23.5. The van der Waals surface area contributed by atoms with Gasteiger partial charge in [-0.2, -0.15) is 0 Å². The average molecular weight is 424 g/mol. The van der Waals surface area contributed by atoms with Crippen LogP contribution in [0, 0.1) is 11.8 Å². The van der Waals surface area contributed by atoms with Crippen molar-refractivity contribution in [2.24, 2.45) is 11.8 Å². The molecule has 0 fully saturated rings. The fourth-order valence-electron chi connectivity index (χ4n) is 3.23. The van der Waals surface area contributed by atoms with Gasteiger partial charge in [-0.25, -0.2) is 0 Å². The molecule has 0 aromatic heterocycles. The lowest BCUT2D eigenvalue weighted by molar-refractivity contribution is -0.154. The molecule has 0 N–H and O–H groups in total. The molecule has 1 aromatic carbocycles. The number of ether oxygens (including phenoxy) is 2. The summed E-state index contributed by atoms with van der Waals surface area (Å²) < 4.78 is 34.6. The molecular formula is C21H29O7P. The van der Waals surface area contributed by atoms with Gasteiger partial charge in [0.25, 0.3) is 0 Å². The highest BCUT2D eigenvalue weighted by atomic mass is 31.2. The van der Waals surface area contributed by atoms with Crippen LogP contribution in [0.15, 0.2) is 41.7 Å². The smallest absolute Gasteiger partial charge is 0.364 e. The van der Waals surface area contributed by atoms with E-state index < -0.39 is 31.2 Å². The van der Waals surface area contributed by atoms with Gasteiger partial charge in [-0.1, -0.05) is 36.4 Å². The van der Waals surface area contributed by atoms with Crippen molar-refractivity contribution in [1.82, 2.24) is 0 Å². The van der Waals surface area contributed by atoms with Crippen molar-refractivity contribution in [3.05, 3.63) is 47.3 Å². The van der Waals surface area contributed by atoms with Crippen LogP contribution in [0.4, 0.5) is 0 Å². The van der Waals surface area contributed by atoms with E-state index in [0.29, 0.717) is 13.0 Å². The molecule has 0 aliphatic heterocycles. The van der Waals surface area contributed by atoms with Gasteiger partial charge in [-0.05, 0) is 32.8 Å². The van der Waals surface area contributed by atoms with E-state index in [1.165, 1.54) is 0 Å². The lowest BCUT2D eigenvalue weighted by Crippen LogP contribution is -2.38. The number of carbonyl (C=O) groups excluding carboxylic acids is 2. The zero-order valence-corrected chi connectivity index (χ0v) is 18.1. The number of carbonyl (C=O) groups is 2. The molecule has 29 heavy (non-hydrogen) atoms. The monoisotopic (exact) mass is 424 g/mol. The molecule has 1 aliphatic rings. The Labute approximate surface area is 171 Å². The highest BCUT2D eigenvalue weighted by Gasteiger charge is 2.46. The van der Waals surface area contributed by atoms with Crippen LogP contribution in [0.25, 0.3) is 0 Å². The van der Waals surface area contributed by atoms with Crippen LogP contribution in [0.3, 0.4) is 0 Å². The second-order valence-corrected chi connectivity index (χ2v) is 8.51. The summed E-state index contributed by atoms with van der Waals surface area (Å²) in [5.41, 5.74) is 0.996. The Balaban J connectivity index is 2.20. The molecule has 2 rings (SSSR count). The van der Waals surface area contributed by atoms with Gasteiger partial charge in [0.05, 0.1) is 33.0 Å². The topological polar surface area (TPSA) is 88.1 Å². The number of hydrogen-bond acceptors (Lipinski definition) is 7. The van der Waals surface area contributed by atoms with Gasteiger partial charge in [-0.15, -0.1) is 0 Å². The fourth-order valence-corrected chi connectivity index (χ4v) is 5.00. The second-order valence-electron chi connectivity index (χ2n) is 6.51. The van der Waals surface area contributed by atoms with E-state index in [4.69, 9.17) is 18.5 Å². The molecular weight excluding hydrogens is 395 g/mol. The largest absolute Gasteiger partial charge is 0.465 e. The Bertz CT molecular complexity index is 750. The van der Waals surface area contributed by atoms with Gasteiger partial charge in [0.1, 0.15) is 11.2 Å². The van der Waals surface area contributed by atoms with Gasteiger partial charge in [0.2, 0.25) is 0 Å². The van der Waals surface area contributed by atoms with Crippen LogP contribution in [0.2, 0.25) is 0 Å². The van der Waals surface area contributed by atoms with E-state index in [-0.39, 0.29) is 31.7 Å². The number of hydrogen-bond donors (Lipinski definition) is 0. The van der Waals surface area contributed by atoms with Crippen molar-refractivity contribution >= 4 is 19.3 Å². The molecule has 160 valence electrons. The number of allylic oxidation sites excluding steroid dienone is 2. The number of ketones is 1. The first-order chi connectivity index (χ1) is 14.0. The minimum atomic E-state index is -3.78. The zero-order valence-electron chi connectivity index (χ0n) is 17.2. The number of benzene rings is 1. The molecule has 0 unspecified atom stereocenters. The van der Waals surface area contributed by atoms with Crippen molar-refractivity contribution in [2.45, 2.75) is 33.8 Å². The van der Waals surface area contributed by atoms with Gasteiger partial charge in [0, 0.05) is 5.92 Å². The molecule has 0 saturated carbocycles. The Morgan fingerprint density at radius 3 is 2.31 bits per heavy atom. The summed E-state index contributed by atoms with van der Waals surface area (Å²) in [6.07, 6.45) is 1.89. The second kappa shape index (κ2) is 11.4. The van der Waals surface area contributed by atoms with Gasteiger partial charge < -0.3 is 18.5 Å². The van der Waals surface area contributed by atoms with E-state index in [1.54, 1.807) is 26.8 Å².